The lowest BCUT2D eigenvalue weighted by molar-refractivity contribution is 0.592. The largest absolute Gasteiger partial charge is 0.309 e. The maximum atomic E-state index is 15.4. The smallest absolute Gasteiger partial charge is 0.174 e. The molecule has 24 rings (SSSR count). The molecule has 9 heterocycles. The topological polar surface area (TPSA) is 103 Å². The number of pyridine rings is 3. The number of hydrogen-bond donors (Lipinski definition) is 0. The molecule has 0 spiro atoms. The van der Waals surface area contributed by atoms with Gasteiger partial charge in [-0.15, -0.1) is 0 Å². The first-order valence-corrected chi connectivity index (χ1v) is 40.4. The first kappa shape index (κ1) is 60.0. The van der Waals surface area contributed by atoms with E-state index in [9.17, 15) is 4.57 Å². The van der Waals surface area contributed by atoms with Crippen molar-refractivity contribution in [1.29, 1.82) is 0 Å². The molecule has 3 aliphatic heterocycles. The summed E-state index contributed by atoms with van der Waals surface area (Å²) < 4.78 is 52.0. The zero-order valence-corrected chi connectivity index (χ0v) is 58.8. The van der Waals surface area contributed by atoms with Gasteiger partial charge in [-0.05, 0) is 116 Å². The van der Waals surface area contributed by atoms with E-state index in [1.165, 1.54) is 26.9 Å². The summed E-state index contributed by atoms with van der Waals surface area (Å²) in [6, 6.07) is 118. The van der Waals surface area contributed by atoms with E-state index in [1.54, 1.807) is 0 Å². The predicted molar refractivity (Wildman–Crippen MR) is 438 cm³/mol. The van der Waals surface area contributed by atoms with Crippen LogP contribution in [0.15, 0.2) is 346 Å². The normalized spacial score (nSPS) is 14.1. The van der Waals surface area contributed by atoms with Gasteiger partial charge in [-0.25, -0.2) is 15.0 Å². The Morgan fingerprint density at radius 3 is 0.943 bits per heavy atom. The first-order chi connectivity index (χ1) is 51.8. The Balaban J connectivity index is 0.0000000986. The number of rotatable bonds is 3. The number of fused-ring (bicyclic) bond motifs is 33. The highest BCUT2D eigenvalue weighted by atomic mass is 31.2. The molecule has 9 nitrogen and oxygen atoms in total. The van der Waals surface area contributed by atoms with E-state index < -0.39 is 21.4 Å². The minimum atomic E-state index is -3.12. The van der Waals surface area contributed by atoms with E-state index in [-0.39, 0.29) is 0 Å². The Morgan fingerprint density at radius 2 is 0.505 bits per heavy atom. The highest BCUT2D eigenvalue weighted by Gasteiger charge is 2.44. The summed E-state index contributed by atoms with van der Waals surface area (Å²) in [5, 5.41) is 18.5. The van der Waals surface area contributed by atoms with Crippen LogP contribution < -0.4 is 47.7 Å². The van der Waals surface area contributed by atoms with Gasteiger partial charge in [0.05, 0.1) is 49.7 Å². The Morgan fingerprint density at radius 1 is 0.200 bits per heavy atom. The van der Waals surface area contributed by atoms with Gasteiger partial charge in [0, 0.05) is 80.1 Å². The van der Waals surface area contributed by atoms with Crippen LogP contribution in [-0.2, 0) is 13.7 Å². The van der Waals surface area contributed by atoms with Crippen LogP contribution in [0, 0.1) is 0 Å². The van der Waals surface area contributed by atoms with Gasteiger partial charge in [-0.3, -0.25) is 13.2 Å². The number of aromatic nitrogens is 6. The highest BCUT2D eigenvalue weighted by Crippen LogP contribution is 2.56. The second kappa shape index (κ2) is 22.5. The van der Waals surface area contributed by atoms with Gasteiger partial charge in [0.2, 0.25) is 0 Å². The van der Waals surface area contributed by atoms with Gasteiger partial charge >= 0.3 is 0 Å². The average molecular weight is 1400 g/mol. The van der Waals surface area contributed by atoms with Crippen molar-refractivity contribution in [3.05, 3.63) is 346 Å². The highest BCUT2D eigenvalue weighted by molar-refractivity contribution is 7.87. The molecule has 492 valence electrons. The third-order valence-corrected chi connectivity index (χ3v) is 31.6. The van der Waals surface area contributed by atoms with E-state index >= 15 is 9.13 Å². The van der Waals surface area contributed by atoms with Gasteiger partial charge < -0.3 is 13.7 Å². The SMILES string of the molecule is O=P1(c2ccc3c(c2)nc2c4ccccc4c4ccccc4n32)c2ccccc2-c2ccccc21.O=P1(c2ccc3nc4c5ccccc5c5ccccc5n4c3c2)c2ccccc2-c2ccccc21.O=P1(c2cccc3nc4c5ccccc5c5ccccc5n4c23)c2ccccc2-c2ccccc21. The van der Waals surface area contributed by atoms with Gasteiger partial charge in [0.15, 0.2) is 21.4 Å². The Kier molecular flexibility index (Phi) is 12.8. The molecule has 0 atom stereocenters. The maximum absolute atomic E-state index is 15.4. The first-order valence-electron chi connectivity index (χ1n) is 35.3. The second-order valence-electron chi connectivity index (χ2n) is 27.4. The van der Waals surface area contributed by atoms with Crippen LogP contribution in [0.25, 0.3) is 148 Å². The molecule has 0 radical (unpaired) electrons. The van der Waals surface area contributed by atoms with Crippen molar-refractivity contribution in [2.24, 2.45) is 0 Å². The fraction of sp³-hybridized carbons (Fsp3) is 0. The molecular weight excluding hydrogens is 1340 g/mol. The summed E-state index contributed by atoms with van der Waals surface area (Å²) in [5.41, 5.74) is 18.0. The summed E-state index contributed by atoms with van der Waals surface area (Å²) in [4.78, 5) is 15.3. The lowest BCUT2D eigenvalue weighted by Gasteiger charge is -2.18. The second-order valence-corrected chi connectivity index (χ2v) is 35.5. The minimum Gasteiger partial charge on any atom is -0.309 e. The fourth-order valence-corrected chi connectivity index (χ4v) is 27.0. The van der Waals surface area contributed by atoms with Crippen molar-refractivity contribution in [1.82, 2.24) is 28.2 Å². The molecule has 0 saturated carbocycles. The van der Waals surface area contributed by atoms with Crippen molar-refractivity contribution in [3.8, 4) is 33.4 Å². The van der Waals surface area contributed by atoms with E-state index in [2.05, 4.69) is 207 Å². The molecule has 0 unspecified atom stereocenters. The molecule has 0 aliphatic carbocycles. The Labute approximate surface area is 601 Å². The third kappa shape index (κ3) is 8.26. The van der Waals surface area contributed by atoms with E-state index in [4.69, 9.17) is 15.0 Å². The summed E-state index contributed by atoms with van der Waals surface area (Å²) in [6.07, 6.45) is 0. The predicted octanol–water partition coefficient (Wildman–Crippen LogP) is 19.2. The molecule has 0 bridgehead atoms. The summed E-state index contributed by atoms with van der Waals surface area (Å²) in [5.74, 6) is 0. The van der Waals surface area contributed by atoms with Crippen molar-refractivity contribution >= 4 is 184 Å². The standard InChI is InChI=1S/3C31H19N2OP/c34-35(27-17-7-4-12-22(27)23-13-5-8-18-28(23)35)29-19-9-15-25-30(29)33-26-16-6-3-11-21(26)20-10-1-2-14-24(20)31(33)32-25;34-35(29-15-7-4-11-23(29)24-12-5-8-16-30(24)35)20-17-18-28-26(19-20)32-31-25-13-2-1-9-21(25)22-10-3-6-14-27(22)33(28)31;34-35(29-15-7-4-11-23(29)24-12-5-8-16-30(24)35)20-17-18-26-28(19-20)33-27-14-6-3-10-22(27)21-9-1-2-13-25(21)31(33)32-26/h3*1-19H. The molecule has 3 aliphatic rings. The van der Waals surface area contributed by atoms with Crippen LogP contribution in [0.2, 0.25) is 0 Å². The van der Waals surface area contributed by atoms with Crippen LogP contribution in [0.3, 0.4) is 0 Å². The molecule has 21 aromatic rings. The third-order valence-electron chi connectivity index (χ3n) is 22.1. The van der Waals surface area contributed by atoms with E-state index in [0.717, 1.165) is 169 Å². The Hall–Kier alpha value is -12.6. The lowest BCUT2D eigenvalue weighted by Crippen LogP contribution is -2.22. The van der Waals surface area contributed by atoms with Crippen molar-refractivity contribution in [2.75, 3.05) is 0 Å². The molecule has 0 N–H and O–H groups in total. The Bertz CT molecular complexity index is 7390. The summed E-state index contributed by atoms with van der Waals surface area (Å²) in [6.45, 7) is 0. The fourth-order valence-electron chi connectivity index (χ4n) is 17.6. The number of hydrogen-bond acceptors (Lipinski definition) is 6. The zero-order chi connectivity index (χ0) is 69.4. The van der Waals surface area contributed by atoms with Crippen molar-refractivity contribution < 1.29 is 13.7 Å². The number of imidazole rings is 3. The molecule has 12 heteroatoms. The van der Waals surface area contributed by atoms with Gasteiger partial charge in [-0.1, -0.05) is 279 Å². The van der Waals surface area contributed by atoms with Crippen LogP contribution in [0.1, 0.15) is 0 Å². The van der Waals surface area contributed by atoms with Gasteiger partial charge in [0.25, 0.3) is 0 Å². The molecule has 0 saturated heterocycles. The number of nitrogens with zero attached hydrogens (tertiary/aromatic N) is 6. The maximum Gasteiger partial charge on any atom is 0.174 e. The van der Waals surface area contributed by atoms with E-state index in [1.807, 2.05) is 152 Å². The molecular formula is C93H57N6O3P3. The number of para-hydroxylation sites is 4. The summed E-state index contributed by atoms with van der Waals surface area (Å²) >= 11 is 0. The molecule has 6 aromatic heterocycles. The zero-order valence-electron chi connectivity index (χ0n) is 56.2. The van der Waals surface area contributed by atoms with Gasteiger partial charge in [-0.2, -0.15) is 0 Å². The van der Waals surface area contributed by atoms with Crippen molar-refractivity contribution in [3.63, 3.8) is 0 Å². The van der Waals surface area contributed by atoms with E-state index in [0.29, 0.717) is 0 Å². The quantitative estimate of drug-likeness (QED) is 0.129. The van der Waals surface area contributed by atoms with Gasteiger partial charge in [0.1, 0.15) is 16.9 Å². The minimum absolute atomic E-state index is 0.833. The molecule has 0 fully saturated rings. The summed E-state index contributed by atoms with van der Waals surface area (Å²) in [7, 11) is -9.12. The van der Waals surface area contributed by atoms with Crippen molar-refractivity contribution in [2.45, 2.75) is 0 Å². The average Bonchev–Trinajstić information content (AvgIpc) is 1.54. The lowest BCUT2D eigenvalue weighted by atomic mass is 10.1. The molecule has 15 aromatic carbocycles. The number of benzene rings is 15. The molecule has 0 amide bonds. The van der Waals surface area contributed by atoms with Crippen LogP contribution in [0.4, 0.5) is 0 Å². The van der Waals surface area contributed by atoms with Crippen LogP contribution in [0.5, 0.6) is 0 Å². The monoisotopic (exact) mass is 1400 g/mol. The van der Waals surface area contributed by atoms with Crippen LogP contribution in [-0.4, -0.2) is 28.2 Å². The van der Waals surface area contributed by atoms with Crippen LogP contribution >= 0.6 is 21.4 Å². The molecule has 105 heavy (non-hydrogen) atoms.